The van der Waals surface area contributed by atoms with Crippen molar-refractivity contribution < 1.29 is 9.53 Å². The van der Waals surface area contributed by atoms with Gasteiger partial charge in [-0.2, -0.15) is 10.2 Å². The molecular formula is C26H35N9O2S. The van der Waals surface area contributed by atoms with Crippen molar-refractivity contribution in [1.82, 2.24) is 39.6 Å². The lowest BCUT2D eigenvalue weighted by Crippen LogP contribution is -2.54. The lowest BCUT2D eigenvalue weighted by atomic mass is 9.97. The van der Waals surface area contributed by atoms with Crippen molar-refractivity contribution in [3.05, 3.63) is 29.8 Å². The van der Waals surface area contributed by atoms with E-state index in [2.05, 4.69) is 52.7 Å². The number of methoxy groups -OCH3 is 1. The first-order valence-electron chi connectivity index (χ1n) is 12.8. The smallest absolute Gasteiger partial charge is 0.236 e. The van der Waals surface area contributed by atoms with E-state index in [0.29, 0.717) is 17.9 Å². The molecule has 4 aromatic heterocycles. The highest BCUT2D eigenvalue weighted by Gasteiger charge is 2.30. The van der Waals surface area contributed by atoms with Gasteiger partial charge in [0.1, 0.15) is 22.0 Å². The van der Waals surface area contributed by atoms with E-state index in [4.69, 9.17) is 14.8 Å². The van der Waals surface area contributed by atoms with Gasteiger partial charge in [-0.05, 0) is 25.8 Å². The number of fused-ring (bicyclic) bond motifs is 1. The van der Waals surface area contributed by atoms with Gasteiger partial charge >= 0.3 is 0 Å². The maximum Gasteiger partial charge on any atom is 0.236 e. The predicted molar refractivity (Wildman–Crippen MR) is 149 cm³/mol. The average Bonchev–Trinajstić information content (AvgIpc) is 3.61. The van der Waals surface area contributed by atoms with Crippen molar-refractivity contribution in [2.45, 2.75) is 39.7 Å². The molecule has 4 aromatic rings. The molecule has 1 fully saturated rings. The highest BCUT2D eigenvalue weighted by Crippen LogP contribution is 2.41. The molecule has 1 aliphatic heterocycles. The van der Waals surface area contributed by atoms with Gasteiger partial charge < -0.3 is 14.5 Å². The van der Waals surface area contributed by atoms with E-state index in [0.717, 1.165) is 57.9 Å². The number of aromatic nitrogens is 6. The first-order chi connectivity index (χ1) is 18.2. The number of rotatable bonds is 7. The summed E-state index contributed by atoms with van der Waals surface area (Å²) in [5, 5.41) is 14.4. The van der Waals surface area contributed by atoms with E-state index in [1.807, 2.05) is 12.3 Å². The van der Waals surface area contributed by atoms with Crippen LogP contribution in [0.5, 0.6) is 5.75 Å². The average molecular weight is 538 g/mol. The minimum absolute atomic E-state index is 0.137. The Hall–Kier alpha value is -3.51. The molecule has 12 heteroatoms. The highest BCUT2D eigenvalue weighted by atomic mass is 32.1. The summed E-state index contributed by atoms with van der Waals surface area (Å²) < 4.78 is 7.30. The molecule has 0 saturated carbocycles. The third kappa shape index (κ3) is 4.73. The Morgan fingerprint density at radius 3 is 2.79 bits per heavy atom. The second-order valence-corrected chi connectivity index (χ2v) is 11.3. The molecule has 38 heavy (non-hydrogen) atoms. The molecule has 5 rings (SSSR count). The van der Waals surface area contributed by atoms with Crippen LogP contribution in [-0.2, 0) is 4.79 Å². The van der Waals surface area contributed by atoms with Crippen molar-refractivity contribution in [3.63, 3.8) is 0 Å². The zero-order valence-electron chi connectivity index (χ0n) is 23.0. The number of carbonyl (C=O) groups excluding carboxylic acids is 1. The van der Waals surface area contributed by atoms with Crippen LogP contribution in [-0.4, -0.2) is 98.9 Å². The standard InChI is InChI=1S/C26H35N9O2S/c1-15(2)21-22(18-10-19(37-7)24-27-14-28-35(24)12-18)30-31-23(21)25-29-17(4)26(38-25)34-9-8-33(11-16(34)3)13-20(36)32(5)6/h10,12,14-16H,8-9,11,13H2,1-7H3,(H,30,31). The predicted octanol–water partition coefficient (Wildman–Crippen LogP) is 3.28. The maximum absolute atomic E-state index is 12.2. The number of amides is 1. The van der Waals surface area contributed by atoms with E-state index in [9.17, 15) is 4.79 Å². The number of hydrogen-bond donors (Lipinski definition) is 1. The number of thiazole rings is 1. The molecule has 0 bridgehead atoms. The van der Waals surface area contributed by atoms with Crippen molar-refractivity contribution in [1.29, 1.82) is 0 Å². The fourth-order valence-corrected chi connectivity index (χ4v) is 6.25. The number of piperazine rings is 1. The lowest BCUT2D eigenvalue weighted by Gasteiger charge is -2.40. The number of nitrogens with one attached hydrogen (secondary N) is 1. The van der Waals surface area contributed by atoms with Gasteiger partial charge in [-0.15, -0.1) is 0 Å². The second-order valence-electron chi connectivity index (χ2n) is 10.3. The van der Waals surface area contributed by atoms with E-state index < -0.39 is 0 Å². The Balaban J connectivity index is 1.45. The normalized spacial score (nSPS) is 16.5. The Morgan fingerprint density at radius 2 is 2.11 bits per heavy atom. The van der Waals surface area contributed by atoms with Crippen LogP contribution >= 0.6 is 11.3 Å². The van der Waals surface area contributed by atoms with Gasteiger partial charge in [-0.1, -0.05) is 25.2 Å². The SMILES string of the molecule is COc1cc(-c2[nH]nc(-c3nc(C)c(N4CCN(CC(=O)N(C)C)CC4C)s3)c2C(C)C)cn2ncnc12. The van der Waals surface area contributed by atoms with Gasteiger partial charge in [0, 0.05) is 57.1 Å². The summed E-state index contributed by atoms with van der Waals surface area (Å²) in [6.45, 7) is 11.6. The van der Waals surface area contributed by atoms with Crippen molar-refractivity contribution in [3.8, 4) is 27.7 Å². The summed E-state index contributed by atoms with van der Waals surface area (Å²) in [7, 11) is 5.25. The van der Waals surface area contributed by atoms with E-state index in [1.54, 1.807) is 42.0 Å². The molecule has 0 aromatic carbocycles. The van der Waals surface area contributed by atoms with Gasteiger partial charge in [0.2, 0.25) is 5.91 Å². The summed E-state index contributed by atoms with van der Waals surface area (Å²) in [6, 6.07) is 2.24. The van der Waals surface area contributed by atoms with Gasteiger partial charge in [-0.3, -0.25) is 14.8 Å². The summed E-state index contributed by atoms with van der Waals surface area (Å²) in [4.78, 5) is 27.8. The Bertz CT molecular complexity index is 1450. The topological polar surface area (TPSA) is 108 Å². The van der Waals surface area contributed by atoms with Crippen molar-refractivity contribution in [2.75, 3.05) is 52.3 Å². The second kappa shape index (κ2) is 10.3. The Morgan fingerprint density at radius 1 is 1.32 bits per heavy atom. The van der Waals surface area contributed by atoms with E-state index in [-0.39, 0.29) is 17.9 Å². The molecule has 0 radical (unpaired) electrons. The number of likely N-dealkylation sites (N-methyl/N-ethyl adjacent to an activating group) is 1. The van der Waals surface area contributed by atoms with Gasteiger partial charge in [-0.25, -0.2) is 14.5 Å². The number of aromatic amines is 1. The van der Waals surface area contributed by atoms with Crippen molar-refractivity contribution in [2.24, 2.45) is 0 Å². The summed E-state index contributed by atoms with van der Waals surface area (Å²) in [5.74, 6) is 0.997. The number of anilines is 1. The molecule has 1 saturated heterocycles. The molecule has 0 spiro atoms. The van der Waals surface area contributed by atoms with Crippen molar-refractivity contribution >= 4 is 27.9 Å². The molecular weight excluding hydrogens is 502 g/mol. The van der Waals surface area contributed by atoms with Crippen LogP contribution in [0, 0.1) is 6.92 Å². The van der Waals surface area contributed by atoms with Gasteiger partial charge in [0.05, 0.1) is 25.0 Å². The molecule has 1 N–H and O–H groups in total. The summed E-state index contributed by atoms with van der Waals surface area (Å²) in [5.41, 5.74) is 5.49. The minimum atomic E-state index is 0.137. The van der Waals surface area contributed by atoms with Gasteiger partial charge in [0.25, 0.3) is 0 Å². The molecule has 5 heterocycles. The Labute approximate surface area is 226 Å². The third-order valence-corrected chi connectivity index (χ3v) is 8.24. The zero-order valence-corrected chi connectivity index (χ0v) is 23.8. The monoisotopic (exact) mass is 537 g/mol. The molecule has 202 valence electrons. The largest absolute Gasteiger partial charge is 0.493 e. The van der Waals surface area contributed by atoms with Crippen LogP contribution in [0.1, 0.15) is 37.9 Å². The van der Waals surface area contributed by atoms with Crippen LogP contribution < -0.4 is 9.64 Å². The van der Waals surface area contributed by atoms with Crippen LogP contribution in [0.2, 0.25) is 0 Å². The number of nitrogens with zero attached hydrogens (tertiary/aromatic N) is 8. The molecule has 1 aliphatic rings. The first kappa shape index (κ1) is 26.1. The number of ether oxygens (including phenoxy) is 1. The lowest BCUT2D eigenvalue weighted by molar-refractivity contribution is -0.130. The fraction of sp³-hybridized carbons (Fsp3) is 0.500. The van der Waals surface area contributed by atoms with Crippen LogP contribution in [0.4, 0.5) is 5.00 Å². The van der Waals surface area contributed by atoms with Crippen LogP contribution in [0.15, 0.2) is 18.6 Å². The van der Waals surface area contributed by atoms with E-state index >= 15 is 0 Å². The Kier molecular flexibility index (Phi) is 7.10. The molecule has 1 unspecified atom stereocenters. The number of H-pyrrole nitrogens is 1. The zero-order chi connectivity index (χ0) is 27.1. The van der Waals surface area contributed by atoms with Crippen LogP contribution in [0.25, 0.3) is 27.6 Å². The quantitative estimate of drug-likeness (QED) is 0.383. The number of carbonyl (C=O) groups is 1. The number of aryl methyl sites for hydroxylation is 1. The maximum atomic E-state index is 12.2. The summed E-state index contributed by atoms with van der Waals surface area (Å²) in [6.07, 6.45) is 3.46. The van der Waals surface area contributed by atoms with Crippen LogP contribution in [0.3, 0.4) is 0 Å². The molecule has 11 nitrogen and oxygen atoms in total. The molecule has 0 aliphatic carbocycles. The number of pyridine rings is 1. The number of hydrogen-bond acceptors (Lipinski definition) is 9. The van der Waals surface area contributed by atoms with Gasteiger partial charge in [0.15, 0.2) is 11.4 Å². The third-order valence-electron chi connectivity index (χ3n) is 7.04. The van der Waals surface area contributed by atoms with E-state index in [1.165, 1.54) is 6.33 Å². The molecule has 1 amide bonds. The fourth-order valence-electron chi connectivity index (χ4n) is 5.05. The summed E-state index contributed by atoms with van der Waals surface area (Å²) >= 11 is 1.68. The minimum Gasteiger partial charge on any atom is -0.493 e. The molecule has 1 atom stereocenters. The first-order valence-corrected chi connectivity index (χ1v) is 13.6. The highest BCUT2D eigenvalue weighted by molar-refractivity contribution is 7.19.